The topological polar surface area (TPSA) is 21.3 Å². The van der Waals surface area contributed by atoms with Crippen molar-refractivity contribution in [3.8, 4) is 0 Å². The Hall–Kier alpha value is -0.0800. The van der Waals surface area contributed by atoms with Gasteiger partial charge in [-0.2, -0.15) is 0 Å². The van der Waals surface area contributed by atoms with E-state index in [1.54, 1.807) is 0 Å². The second-order valence-electron chi connectivity index (χ2n) is 5.31. The van der Waals surface area contributed by atoms with Crippen molar-refractivity contribution in [2.45, 2.75) is 64.5 Å². The van der Waals surface area contributed by atoms with E-state index >= 15 is 0 Å². The molecule has 0 amide bonds. The minimum Gasteiger partial charge on any atom is -0.378 e. The quantitative estimate of drug-likeness (QED) is 0.703. The van der Waals surface area contributed by atoms with E-state index in [1.807, 2.05) is 0 Å². The van der Waals surface area contributed by atoms with E-state index in [4.69, 9.17) is 4.74 Å². The number of hydrogen-bond acceptors (Lipinski definition) is 2. The summed E-state index contributed by atoms with van der Waals surface area (Å²) in [5.41, 5.74) is 0.257. The van der Waals surface area contributed by atoms with E-state index in [1.165, 1.54) is 32.1 Å². The molecule has 1 heterocycles. The Labute approximate surface area is 88.4 Å². The first kappa shape index (κ1) is 12.0. The molecule has 0 aromatic heterocycles. The molecular weight excluding hydrogens is 174 g/mol. The third-order valence-corrected chi connectivity index (χ3v) is 2.63. The van der Waals surface area contributed by atoms with Gasteiger partial charge in [0.25, 0.3) is 0 Å². The highest BCUT2D eigenvalue weighted by atomic mass is 16.5. The molecule has 84 valence electrons. The number of hydrogen-bond donors (Lipinski definition) is 1. The maximum Gasteiger partial charge on any atom is 0.0575 e. The van der Waals surface area contributed by atoms with Crippen molar-refractivity contribution in [1.29, 1.82) is 0 Å². The summed E-state index contributed by atoms with van der Waals surface area (Å²) >= 11 is 0. The molecule has 14 heavy (non-hydrogen) atoms. The summed E-state index contributed by atoms with van der Waals surface area (Å²) < 4.78 is 5.68. The highest BCUT2D eigenvalue weighted by Gasteiger charge is 2.13. The largest absolute Gasteiger partial charge is 0.378 e. The van der Waals surface area contributed by atoms with Gasteiger partial charge in [-0.05, 0) is 59.4 Å². The molecule has 1 aliphatic rings. The molecule has 0 aromatic rings. The van der Waals surface area contributed by atoms with Crippen LogP contribution >= 0.6 is 0 Å². The molecule has 0 bridgehead atoms. The predicted octanol–water partition coefficient (Wildman–Crippen LogP) is 2.72. The molecule has 1 aliphatic heterocycles. The van der Waals surface area contributed by atoms with Gasteiger partial charge in [-0.15, -0.1) is 0 Å². The Bertz CT molecular complexity index is 145. The van der Waals surface area contributed by atoms with Crippen LogP contribution in [-0.4, -0.2) is 24.8 Å². The van der Waals surface area contributed by atoms with E-state index in [0.29, 0.717) is 6.10 Å². The van der Waals surface area contributed by atoms with Crippen molar-refractivity contribution in [3.63, 3.8) is 0 Å². The first-order valence-electron chi connectivity index (χ1n) is 5.94. The monoisotopic (exact) mass is 199 g/mol. The minimum absolute atomic E-state index is 0.257. The first-order valence-corrected chi connectivity index (χ1v) is 5.94. The van der Waals surface area contributed by atoms with Crippen LogP contribution in [0.2, 0.25) is 0 Å². The van der Waals surface area contributed by atoms with Crippen LogP contribution in [0.15, 0.2) is 0 Å². The lowest BCUT2D eigenvalue weighted by Crippen LogP contribution is -2.36. The van der Waals surface area contributed by atoms with Gasteiger partial charge in [-0.3, -0.25) is 0 Å². The van der Waals surface area contributed by atoms with Crippen molar-refractivity contribution in [3.05, 3.63) is 0 Å². The Kier molecular flexibility index (Phi) is 4.90. The third-order valence-electron chi connectivity index (χ3n) is 2.63. The fraction of sp³-hybridized carbons (Fsp3) is 1.00. The van der Waals surface area contributed by atoms with Crippen LogP contribution < -0.4 is 5.32 Å². The van der Waals surface area contributed by atoms with Gasteiger partial charge in [0.2, 0.25) is 0 Å². The molecule has 2 heteroatoms. The van der Waals surface area contributed by atoms with Gasteiger partial charge in [0.1, 0.15) is 0 Å². The van der Waals surface area contributed by atoms with Gasteiger partial charge in [-0.1, -0.05) is 0 Å². The van der Waals surface area contributed by atoms with Crippen molar-refractivity contribution < 1.29 is 4.74 Å². The van der Waals surface area contributed by atoms with Crippen LogP contribution in [0.3, 0.4) is 0 Å². The maximum absolute atomic E-state index is 5.68. The summed E-state index contributed by atoms with van der Waals surface area (Å²) in [6, 6.07) is 0. The molecule has 1 atom stereocenters. The van der Waals surface area contributed by atoms with Gasteiger partial charge < -0.3 is 10.1 Å². The van der Waals surface area contributed by atoms with Crippen molar-refractivity contribution in [1.82, 2.24) is 5.32 Å². The van der Waals surface area contributed by atoms with Gasteiger partial charge in [0.15, 0.2) is 0 Å². The summed E-state index contributed by atoms with van der Waals surface area (Å²) in [4.78, 5) is 0. The number of nitrogens with one attached hydrogen (secondary N) is 1. The molecule has 1 saturated heterocycles. The molecule has 1 rings (SSSR count). The molecule has 1 fully saturated rings. The maximum atomic E-state index is 5.68. The van der Waals surface area contributed by atoms with Crippen LogP contribution in [0.25, 0.3) is 0 Å². The lowest BCUT2D eigenvalue weighted by molar-refractivity contribution is 0.01000. The molecule has 0 spiro atoms. The molecule has 1 N–H and O–H groups in total. The Morgan fingerprint density at radius 3 is 2.64 bits per heavy atom. The van der Waals surface area contributed by atoms with Gasteiger partial charge in [0, 0.05) is 12.1 Å². The fourth-order valence-corrected chi connectivity index (χ4v) is 1.83. The van der Waals surface area contributed by atoms with Crippen LogP contribution in [-0.2, 0) is 4.74 Å². The number of ether oxygens (including phenoxy) is 1. The Balaban J connectivity index is 1.97. The zero-order valence-electron chi connectivity index (χ0n) is 9.94. The standard InChI is InChI=1S/C12H25NO/c1-12(2,3)13-9-6-8-11-7-4-5-10-14-11/h11,13H,4-10H2,1-3H3. The van der Waals surface area contributed by atoms with E-state index in [-0.39, 0.29) is 5.54 Å². The zero-order valence-corrected chi connectivity index (χ0v) is 9.94. The molecule has 2 nitrogen and oxygen atoms in total. The van der Waals surface area contributed by atoms with Crippen molar-refractivity contribution in [2.24, 2.45) is 0 Å². The molecular formula is C12H25NO. The highest BCUT2D eigenvalue weighted by molar-refractivity contribution is 4.71. The summed E-state index contributed by atoms with van der Waals surface area (Å²) in [6.07, 6.45) is 6.90. The lowest BCUT2D eigenvalue weighted by atomic mass is 10.0. The predicted molar refractivity (Wildman–Crippen MR) is 60.6 cm³/mol. The van der Waals surface area contributed by atoms with Crippen LogP contribution in [0.1, 0.15) is 52.9 Å². The summed E-state index contributed by atoms with van der Waals surface area (Å²) in [5.74, 6) is 0. The van der Waals surface area contributed by atoms with Gasteiger partial charge >= 0.3 is 0 Å². The first-order chi connectivity index (χ1) is 6.58. The van der Waals surface area contributed by atoms with E-state index in [9.17, 15) is 0 Å². The smallest absolute Gasteiger partial charge is 0.0575 e. The molecule has 0 aliphatic carbocycles. The molecule has 0 radical (unpaired) electrons. The van der Waals surface area contributed by atoms with Gasteiger partial charge in [0.05, 0.1) is 6.10 Å². The Morgan fingerprint density at radius 2 is 2.07 bits per heavy atom. The van der Waals surface area contributed by atoms with E-state index in [2.05, 4.69) is 26.1 Å². The molecule has 1 unspecified atom stereocenters. The van der Waals surface area contributed by atoms with Crippen LogP contribution in [0.4, 0.5) is 0 Å². The molecule has 0 aromatic carbocycles. The Morgan fingerprint density at radius 1 is 1.29 bits per heavy atom. The number of rotatable bonds is 4. The van der Waals surface area contributed by atoms with Crippen molar-refractivity contribution in [2.75, 3.05) is 13.2 Å². The highest BCUT2D eigenvalue weighted by Crippen LogP contribution is 2.16. The SMILES string of the molecule is CC(C)(C)NCCCC1CCCCO1. The lowest BCUT2D eigenvalue weighted by Gasteiger charge is -2.24. The van der Waals surface area contributed by atoms with Crippen LogP contribution in [0.5, 0.6) is 0 Å². The summed E-state index contributed by atoms with van der Waals surface area (Å²) in [5, 5.41) is 3.51. The second-order valence-corrected chi connectivity index (χ2v) is 5.31. The zero-order chi connectivity index (χ0) is 10.4. The minimum atomic E-state index is 0.257. The normalized spacial score (nSPS) is 23.8. The van der Waals surface area contributed by atoms with Crippen molar-refractivity contribution >= 4 is 0 Å². The third kappa shape index (κ3) is 5.61. The summed E-state index contributed by atoms with van der Waals surface area (Å²) in [7, 11) is 0. The van der Waals surface area contributed by atoms with Gasteiger partial charge in [-0.25, -0.2) is 0 Å². The van der Waals surface area contributed by atoms with E-state index in [0.717, 1.165) is 13.2 Å². The molecule has 0 saturated carbocycles. The fourth-order valence-electron chi connectivity index (χ4n) is 1.83. The average Bonchev–Trinajstić information content (AvgIpc) is 2.13. The average molecular weight is 199 g/mol. The second kappa shape index (κ2) is 5.72. The summed E-state index contributed by atoms with van der Waals surface area (Å²) in [6.45, 7) is 8.74. The van der Waals surface area contributed by atoms with E-state index < -0.39 is 0 Å². The van der Waals surface area contributed by atoms with Crippen LogP contribution in [0, 0.1) is 0 Å².